The van der Waals surface area contributed by atoms with E-state index in [4.69, 9.17) is 38.6 Å². The second kappa shape index (κ2) is 7.13. The highest BCUT2D eigenvalue weighted by atomic mass is 35.7. The molecular formula is C14H9Cl3O6S2. The maximum absolute atomic E-state index is 11.9. The van der Waals surface area contributed by atoms with Crippen LogP contribution in [-0.4, -0.2) is 28.3 Å². The first kappa shape index (κ1) is 20.0. The van der Waals surface area contributed by atoms with Crippen LogP contribution in [-0.2, 0) is 18.9 Å². The van der Waals surface area contributed by atoms with Crippen molar-refractivity contribution >= 4 is 58.0 Å². The molecule has 2 aromatic carbocycles. The summed E-state index contributed by atoms with van der Waals surface area (Å²) in [5, 5.41) is -1.01. The van der Waals surface area contributed by atoms with E-state index < -0.39 is 24.1 Å². The van der Waals surface area contributed by atoms with Crippen molar-refractivity contribution in [3.63, 3.8) is 0 Å². The normalized spacial score (nSPS) is 12.0. The third-order valence-electron chi connectivity index (χ3n) is 2.98. The molecule has 134 valence electrons. The van der Waals surface area contributed by atoms with Crippen molar-refractivity contribution < 1.29 is 26.4 Å². The Balaban J connectivity index is 2.52. The number of hydrogen-bond acceptors (Lipinski definition) is 6. The molecule has 0 atom stereocenters. The first-order valence-corrected chi connectivity index (χ1v) is 11.3. The number of carbonyl (C=O) groups is 1. The predicted octanol–water partition coefficient (Wildman–Crippen LogP) is 3.84. The molecule has 0 heterocycles. The van der Waals surface area contributed by atoms with E-state index in [1.165, 1.54) is 24.3 Å². The lowest BCUT2D eigenvalue weighted by Gasteiger charge is -2.12. The van der Waals surface area contributed by atoms with Crippen molar-refractivity contribution in [1.29, 1.82) is 0 Å². The van der Waals surface area contributed by atoms with Crippen LogP contribution in [0.4, 0.5) is 0 Å². The van der Waals surface area contributed by atoms with Crippen LogP contribution < -0.4 is 4.74 Å². The van der Waals surface area contributed by atoms with Gasteiger partial charge >= 0.3 is 0 Å². The van der Waals surface area contributed by atoms with Gasteiger partial charge in [0.15, 0.2) is 9.84 Å². The SMILES string of the molecule is CS(=O)(=O)c1cc(C(=O)Cl)c(Cl)cc1Oc1ccc(S(=O)(=O)Cl)cc1. The molecule has 0 fully saturated rings. The van der Waals surface area contributed by atoms with Gasteiger partial charge in [0.25, 0.3) is 14.3 Å². The monoisotopic (exact) mass is 442 g/mol. The van der Waals surface area contributed by atoms with Crippen LogP contribution in [0.3, 0.4) is 0 Å². The quantitative estimate of drug-likeness (QED) is 0.652. The van der Waals surface area contributed by atoms with Crippen molar-refractivity contribution in [1.82, 2.24) is 0 Å². The molecule has 0 radical (unpaired) electrons. The molecule has 0 amide bonds. The summed E-state index contributed by atoms with van der Waals surface area (Å²) >= 11 is 11.3. The molecule has 0 spiro atoms. The molecule has 25 heavy (non-hydrogen) atoms. The minimum Gasteiger partial charge on any atom is -0.456 e. The van der Waals surface area contributed by atoms with Gasteiger partial charge in [-0.25, -0.2) is 16.8 Å². The molecule has 2 rings (SSSR count). The summed E-state index contributed by atoms with van der Waals surface area (Å²) in [5.41, 5.74) is -0.181. The lowest BCUT2D eigenvalue weighted by atomic mass is 10.2. The molecule has 11 heteroatoms. The van der Waals surface area contributed by atoms with Gasteiger partial charge in [0.2, 0.25) is 0 Å². The first-order chi connectivity index (χ1) is 11.4. The van der Waals surface area contributed by atoms with E-state index in [2.05, 4.69) is 0 Å². The van der Waals surface area contributed by atoms with Crippen molar-refractivity contribution in [2.75, 3.05) is 6.26 Å². The number of hydrogen-bond donors (Lipinski definition) is 0. The molecule has 0 aliphatic heterocycles. The average Bonchev–Trinajstić information content (AvgIpc) is 2.45. The first-order valence-electron chi connectivity index (χ1n) is 6.35. The second-order valence-corrected chi connectivity index (χ2v) is 10.1. The van der Waals surface area contributed by atoms with E-state index >= 15 is 0 Å². The Morgan fingerprint density at radius 2 is 1.60 bits per heavy atom. The fraction of sp³-hybridized carbons (Fsp3) is 0.0714. The number of halogens is 3. The number of benzene rings is 2. The summed E-state index contributed by atoms with van der Waals surface area (Å²) in [4.78, 5) is 10.9. The molecule has 0 N–H and O–H groups in total. The van der Waals surface area contributed by atoms with E-state index in [0.29, 0.717) is 0 Å². The van der Waals surface area contributed by atoms with Gasteiger partial charge in [-0.3, -0.25) is 4.79 Å². The molecule has 2 aromatic rings. The van der Waals surface area contributed by atoms with Gasteiger partial charge in [-0.15, -0.1) is 0 Å². The third kappa shape index (κ3) is 4.86. The Bertz CT molecular complexity index is 1040. The summed E-state index contributed by atoms with van der Waals surface area (Å²) < 4.78 is 51.8. The van der Waals surface area contributed by atoms with Crippen LogP contribution in [0, 0.1) is 0 Å². The molecule has 0 bridgehead atoms. The van der Waals surface area contributed by atoms with E-state index in [1.54, 1.807) is 0 Å². The van der Waals surface area contributed by atoms with Crippen molar-refractivity contribution in [2.45, 2.75) is 9.79 Å². The van der Waals surface area contributed by atoms with Gasteiger partial charge in [0.05, 0.1) is 15.5 Å². The van der Waals surface area contributed by atoms with Crippen LogP contribution in [0.25, 0.3) is 0 Å². The standard InChI is InChI=1S/C14H9Cl3O6S2/c1-24(19,20)13-6-10(14(16)18)11(15)7-12(13)23-8-2-4-9(5-3-8)25(17,21)22/h2-7H,1H3. The number of rotatable bonds is 5. The Labute approximate surface area is 158 Å². The maximum Gasteiger partial charge on any atom is 0.261 e. The molecule has 0 unspecified atom stereocenters. The van der Waals surface area contributed by atoms with Gasteiger partial charge in [-0.2, -0.15) is 0 Å². The van der Waals surface area contributed by atoms with Crippen LogP contribution in [0.5, 0.6) is 11.5 Å². The van der Waals surface area contributed by atoms with E-state index in [0.717, 1.165) is 18.4 Å². The summed E-state index contributed by atoms with van der Waals surface area (Å²) in [5.74, 6) is -0.00868. The highest BCUT2D eigenvalue weighted by Gasteiger charge is 2.21. The van der Waals surface area contributed by atoms with Crippen LogP contribution in [0.15, 0.2) is 46.2 Å². The summed E-state index contributed by atoms with van der Waals surface area (Å²) in [6.07, 6.45) is 0.925. The fourth-order valence-corrected chi connectivity index (χ4v) is 3.86. The smallest absolute Gasteiger partial charge is 0.261 e. The van der Waals surface area contributed by atoms with Crippen molar-refractivity contribution in [3.05, 3.63) is 47.0 Å². The Morgan fingerprint density at radius 1 is 1.04 bits per heavy atom. The average molecular weight is 444 g/mol. The van der Waals surface area contributed by atoms with Crippen molar-refractivity contribution in [3.8, 4) is 11.5 Å². The predicted molar refractivity (Wildman–Crippen MR) is 94.3 cm³/mol. The largest absolute Gasteiger partial charge is 0.456 e. The van der Waals surface area contributed by atoms with E-state index in [1.807, 2.05) is 0 Å². The van der Waals surface area contributed by atoms with Crippen LogP contribution >= 0.6 is 33.9 Å². The lowest BCUT2D eigenvalue weighted by Crippen LogP contribution is -2.03. The van der Waals surface area contributed by atoms with Crippen LogP contribution in [0.1, 0.15) is 10.4 Å². The van der Waals surface area contributed by atoms with Crippen LogP contribution in [0.2, 0.25) is 5.02 Å². The summed E-state index contributed by atoms with van der Waals surface area (Å²) in [6.45, 7) is 0. The third-order valence-corrected chi connectivity index (χ3v) is 5.98. The summed E-state index contributed by atoms with van der Waals surface area (Å²) in [7, 11) is -2.45. The Morgan fingerprint density at radius 3 is 2.04 bits per heavy atom. The number of carbonyl (C=O) groups excluding carboxylic acids is 1. The second-order valence-electron chi connectivity index (χ2n) is 4.84. The summed E-state index contributed by atoms with van der Waals surface area (Å²) in [6, 6.07) is 7.11. The highest BCUT2D eigenvalue weighted by molar-refractivity contribution is 8.13. The number of sulfone groups is 1. The van der Waals surface area contributed by atoms with Crippen molar-refractivity contribution in [2.24, 2.45) is 0 Å². The molecule has 6 nitrogen and oxygen atoms in total. The molecule has 0 aliphatic rings. The van der Waals surface area contributed by atoms with Gasteiger partial charge in [-0.1, -0.05) is 11.6 Å². The Hall–Kier alpha value is -1.32. The maximum atomic E-state index is 11.9. The minimum atomic E-state index is -3.90. The highest BCUT2D eigenvalue weighted by Crippen LogP contribution is 2.35. The van der Waals surface area contributed by atoms with E-state index in [9.17, 15) is 21.6 Å². The minimum absolute atomic E-state index is 0.0950. The molecule has 0 saturated heterocycles. The van der Waals surface area contributed by atoms with Gasteiger partial charge in [0.1, 0.15) is 16.4 Å². The fourth-order valence-electron chi connectivity index (χ4n) is 1.85. The zero-order chi connectivity index (χ0) is 19.0. The number of ether oxygens (including phenoxy) is 1. The van der Waals surface area contributed by atoms with Gasteiger partial charge < -0.3 is 4.74 Å². The lowest BCUT2D eigenvalue weighted by molar-refractivity contribution is 0.108. The molecule has 0 aliphatic carbocycles. The topological polar surface area (TPSA) is 94.6 Å². The zero-order valence-corrected chi connectivity index (χ0v) is 16.3. The van der Waals surface area contributed by atoms with Gasteiger partial charge in [-0.05, 0) is 41.9 Å². The van der Waals surface area contributed by atoms with E-state index in [-0.39, 0.29) is 31.9 Å². The molecule has 0 saturated carbocycles. The van der Waals surface area contributed by atoms with Gasteiger partial charge in [0, 0.05) is 23.0 Å². The Kier molecular flexibility index (Phi) is 5.70. The molecular weight excluding hydrogens is 435 g/mol. The zero-order valence-electron chi connectivity index (χ0n) is 12.4. The molecule has 0 aromatic heterocycles.